The van der Waals surface area contributed by atoms with E-state index in [0.29, 0.717) is 31.1 Å². The molecule has 0 aromatic heterocycles. The molecule has 1 aromatic rings. The van der Waals surface area contributed by atoms with Gasteiger partial charge in [0.25, 0.3) is 5.79 Å². The summed E-state index contributed by atoms with van der Waals surface area (Å²) in [4.78, 5) is 25.5. The van der Waals surface area contributed by atoms with Crippen LogP contribution < -0.4 is 4.74 Å². The number of esters is 2. The number of hydrogen-bond acceptors (Lipinski definition) is 8. The lowest BCUT2D eigenvalue weighted by Gasteiger charge is -2.34. The van der Waals surface area contributed by atoms with Gasteiger partial charge in [0.05, 0.1) is 12.5 Å². The van der Waals surface area contributed by atoms with Gasteiger partial charge in [0.1, 0.15) is 5.75 Å². The van der Waals surface area contributed by atoms with Crippen molar-refractivity contribution >= 4 is 11.9 Å². The maximum atomic E-state index is 12.8. The Hall–Kier alpha value is -2.60. The Labute approximate surface area is 194 Å². The summed E-state index contributed by atoms with van der Waals surface area (Å²) in [6, 6.07) is 7.09. The molecular weight excluding hydrogens is 428 g/mol. The third-order valence-corrected chi connectivity index (χ3v) is 5.17. The lowest BCUT2D eigenvalue weighted by molar-refractivity contribution is -0.240. The van der Waals surface area contributed by atoms with E-state index in [2.05, 4.69) is 11.8 Å². The standard InChI is InChI=1S/C25H32O8/c1-5-28-20(29-6-2)15-14-19(22-23(26)32-25(3,4)33-24(22)27)17-10-12-18(13-11-17)31-21-9-7-8-16-30-21/h10-13,19-22H,5-9,16H2,1-4H3. The minimum Gasteiger partial charge on any atom is -0.465 e. The predicted molar refractivity (Wildman–Crippen MR) is 118 cm³/mol. The molecule has 0 aliphatic carbocycles. The molecule has 0 spiro atoms. The molecule has 33 heavy (non-hydrogen) atoms. The Balaban J connectivity index is 1.86. The van der Waals surface area contributed by atoms with Crippen molar-refractivity contribution in [1.29, 1.82) is 0 Å². The Kier molecular flexibility index (Phi) is 8.73. The van der Waals surface area contributed by atoms with E-state index < -0.39 is 35.9 Å². The van der Waals surface area contributed by atoms with Crippen LogP contribution in [-0.4, -0.2) is 50.1 Å². The molecule has 2 aliphatic heterocycles. The minimum absolute atomic E-state index is 0.274. The van der Waals surface area contributed by atoms with Gasteiger partial charge in [-0.2, -0.15) is 0 Å². The van der Waals surface area contributed by atoms with E-state index in [1.54, 1.807) is 24.3 Å². The van der Waals surface area contributed by atoms with E-state index >= 15 is 0 Å². The average Bonchev–Trinajstić information content (AvgIpc) is 2.76. The van der Waals surface area contributed by atoms with Crippen LogP contribution in [-0.2, 0) is 33.3 Å². The van der Waals surface area contributed by atoms with Crippen LogP contribution >= 0.6 is 0 Å². The van der Waals surface area contributed by atoms with Gasteiger partial charge in [-0.1, -0.05) is 18.1 Å². The summed E-state index contributed by atoms with van der Waals surface area (Å²) >= 11 is 0. The van der Waals surface area contributed by atoms with Gasteiger partial charge >= 0.3 is 11.9 Å². The third kappa shape index (κ3) is 6.94. The molecule has 0 N–H and O–H groups in total. The van der Waals surface area contributed by atoms with Crippen LogP contribution in [0.5, 0.6) is 5.75 Å². The van der Waals surface area contributed by atoms with Gasteiger partial charge in [-0.3, -0.25) is 9.59 Å². The molecule has 2 unspecified atom stereocenters. The van der Waals surface area contributed by atoms with Crippen molar-refractivity contribution in [3.05, 3.63) is 29.8 Å². The first-order chi connectivity index (χ1) is 15.8. The highest BCUT2D eigenvalue weighted by atomic mass is 16.7. The van der Waals surface area contributed by atoms with Crippen molar-refractivity contribution in [2.75, 3.05) is 19.8 Å². The molecule has 2 fully saturated rings. The van der Waals surface area contributed by atoms with Crippen LogP contribution in [0.1, 0.15) is 58.4 Å². The smallest absolute Gasteiger partial charge is 0.325 e. The van der Waals surface area contributed by atoms with Gasteiger partial charge in [0, 0.05) is 33.5 Å². The molecule has 0 saturated carbocycles. The van der Waals surface area contributed by atoms with Gasteiger partial charge < -0.3 is 28.4 Å². The van der Waals surface area contributed by atoms with Crippen molar-refractivity contribution in [2.45, 2.75) is 71.2 Å². The lowest BCUT2D eigenvalue weighted by atomic mass is 9.85. The van der Waals surface area contributed by atoms with Gasteiger partial charge in [-0.05, 0) is 50.3 Å². The van der Waals surface area contributed by atoms with Gasteiger partial charge in [0.2, 0.25) is 6.29 Å². The lowest BCUT2D eigenvalue weighted by Crippen LogP contribution is -2.48. The molecule has 2 heterocycles. The fraction of sp³-hybridized carbons (Fsp3) is 0.600. The average molecular weight is 461 g/mol. The molecule has 2 atom stereocenters. The fourth-order valence-electron chi connectivity index (χ4n) is 3.66. The van der Waals surface area contributed by atoms with E-state index in [1.165, 1.54) is 13.8 Å². The Morgan fingerprint density at radius 2 is 1.64 bits per heavy atom. The summed E-state index contributed by atoms with van der Waals surface area (Å²) in [5.74, 6) is 1.79. The highest BCUT2D eigenvalue weighted by molar-refractivity contribution is 5.98. The van der Waals surface area contributed by atoms with Gasteiger partial charge in [-0.15, -0.1) is 0 Å². The number of cyclic esters (lactones) is 2. The second-order valence-electron chi connectivity index (χ2n) is 8.21. The third-order valence-electron chi connectivity index (χ3n) is 5.17. The Morgan fingerprint density at radius 3 is 2.18 bits per heavy atom. The summed E-state index contributed by atoms with van der Waals surface area (Å²) in [7, 11) is 0. The zero-order chi connectivity index (χ0) is 23.8. The van der Waals surface area contributed by atoms with Crippen molar-refractivity contribution in [3.63, 3.8) is 0 Å². The second-order valence-corrected chi connectivity index (χ2v) is 8.21. The first-order valence-corrected chi connectivity index (χ1v) is 11.4. The first kappa shape index (κ1) is 25.0. The largest absolute Gasteiger partial charge is 0.465 e. The maximum absolute atomic E-state index is 12.8. The number of carbonyl (C=O) groups excluding carboxylic acids is 2. The van der Waals surface area contributed by atoms with Crippen LogP contribution in [0.2, 0.25) is 0 Å². The number of rotatable bonds is 8. The topological polar surface area (TPSA) is 89.5 Å². The van der Waals surface area contributed by atoms with Crippen LogP contribution in [0.25, 0.3) is 0 Å². The zero-order valence-corrected chi connectivity index (χ0v) is 19.6. The van der Waals surface area contributed by atoms with E-state index in [0.717, 1.165) is 19.3 Å². The summed E-state index contributed by atoms with van der Waals surface area (Å²) < 4.78 is 33.1. The molecular formula is C25H32O8. The van der Waals surface area contributed by atoms with Gasteiger partial charge in [-0.25, -0.2) is 0 Å². The SMILES string of the molecule is CCOC(C#CC(c1ccc(OC2CCCCO2)cc1)C1C(=O)OC(C)(C)OC1=O)OCC. The summed E-state index contributed by atoms with van der Waals surface area (Å²) in [6.45, 7) is 8.18. The van der Waals surface area contributed by atoms with Crippen molar-refractivity contribution in [2.24, 2.45) is 5.92 Å². The molecule has 3 rings (SSSR count). The Bertz CT molecular complexity index is 835. The number of benzene rings is 1. The summed E-state index contributed by atoms with van der Waals surface area (Å²) in [5.41, 5.74) is 0.643. The molecule has 1 aromatic carbocycles. The van der Waals surface area contributed by atoms with Crippen molar-refractivity contribution < 1.29 is 38.0 Å². The highest BCUT2D eigenvalue weighted by Crippen LogP contribution is 2.34. The summed E-state index contributed by atoms with van der Waals surface area (Å²) in [5, 5.41) is 0. The molecule has 2 saturated heterocycles. The molecule has 180 valence electrons. The van der Waals surface area contributed by atoms with Crippen LogP contribution in [0.4, 0.5) is 0 Å². The highest BCUT2D eigenvalue weighted by Gasteiger charge is 2.47. The van der Waals surface area contributed by atoms with E-state index in [-0.39, 0.29) is 6.29 Å². The van der Waals surface area contributed by atoms with Gasteiger partial charge in [0.15, 0.2) is 12.2 Å². The molecule has 2 aliphatic rings. The molecule has 0 radical (unpaired) electrons. The zero-order valence-electron chi connectivity index (χ0n) is 19.6. The first-order valence-electron chi connectivity index (χ1n) is 11.4. The minimum atomic E-state index is -1.32. The predicted octanol–water partition coefficient (Wildman–Crippen LogP) is 3.53. The van der Waals surface area contributed by atoms with E-state index in [1.807, 2.05) is 13.8 Å². The second kappa shape index (κ2) is 11.5. The number of hydrogen-bond donors (Lipinski definition) is 0. The van der Waals surface area contributed by atoms with E-state index in [9.17, 15) is 9.59 Å². The fourth-order valence-corrected chi connectivity index (χ4v) is 3.66. The van der Waals surface area contributed by atoms with Crippen LogP contribution in [0.15, 0.2) is 24.3 Å². The molecule has 8 nitrogen and oxygen atoms in total. The van der Waals surface area contributed by atoms with Crippen LogP contribution in [0, 0.1) is 17.8 Å². The molecule has 8 heteroatoms. The number of ether oxygens (including phenoxy) is 6. The van der Waals surface area contributed by atoms with Crippen molar-refractivity contribution in [3.8, 4) is 17.6 Å². The maximum Gasteiger partial charge on any atom is 0.325 e. The quantitative estimate of drug-likeness (QED) is 0.252. The van der Waals surface area contributed by atoms with Crippen molar-refractivity contribution in [1.82, 2.24) is 0 Å². The number of carbonyl (C=O) groups is 2. The van der Waals surface area contributed by atoms with Crippen LogP contribution in [0.3, 0.4) is 0 Å². The molecule has 0 bridgehead atoms. The summed E-state index contributed by atoms with van der Waals surface area (Å²) in [6.07, 6.45) is 1.88. The monoisotopic (exact) mass is 460 g/mol. The van der Waals surface area contributed by atoms with E-state index in [4.69, 9.17) is 28.4 Å². The molecule has 0 amide bonds. The Morgan fingerprint density at radius 1 is 1.00 bits per heavy atom. The normalized spacial score (nSPS) is 21.5.